The Balaban J connectivity index is 2.05. The molecule has 0 aliphatic carbocycles. The van der Waals surface area contributed by atoms with E-state index in [-0.39, 0.29) is 0 Å². The van der Waals surface area contributed by atoms with E-state index in [0.29, 0.717) is 24.3 Å². The van der Waals surface area contributed by atoms with Gasteiger partial charge in [-0.3, -0.25) is 0 Å². The zero-order valence-corrected chi connectivity index (χ0v) is 26.5. The molecule has 0 atom stereocenters. The van der Waals surface area contributed by atoms with Crippen molar-refractivity contribution in [3.8, 4) is 0 Å². The van der Waals surface area contributed by atoms with Crippen LogP contribution in [0, 0.1) is 5.92 Å². The minimum absolute atomic E-state index is 0.302. The normalized spacial score (nSPS) is 11.2. The summed E-state index contributed by atoms with van der Waals surface area (Å²) in [6.07, 6.45) is 27.9. The third-order valence-corrected chi connectivity index (χ3v) is 7.76. The van der Waals surface area contributed by atoms with Crippen LogP contribution in [-0.2, 0) is 9.47 Å². The molecule has 230 valence electrons. The third-order valence-electron chi connectivity index (χ3n) is 7.76. The van der Waals surface area contributed by atoms with Gasteiger partial charge >= 0.3 is 11.9 Å². The van der Waals surface area contributed by atoms with Gasteiger partial charge in [-0.15, -0.1) is 0 Å². The summed E-state index contributed by atoms with van der Waals surface area (Å²) in [5.41, 5.74) is 0.606. The van der Waals surface area contributed by atoms with Gasteiger partial charge in [0.1, 0.15) is 0 Å². The first-order chi connectivity index (χ1) is 19.6. The molecule has 0 bridgehead atoms. The summed E-state index contributed by atoms with van der Waals surface area (Å²) in [6.45, 7) is 7.59. The predicted octanol–water partition coefficient (Wildman–Crippen LogP) is 11.3. The highest BCUT2D eigenvalue weighted by atomic mass is 16.5. The molecule has 0 aliphatic rings. The molecule has 0 radical (unpaired) electrons. The zero-order chi connectivity index (χ0) is 29.1. The minimum Gasteiger partial charge on any atom is -0.462 e. The van der Waals surface area contributed by atoms with Crippen LogP contribution in [0.4, 0.5) is 0 Å². The summed E-state index contributed by atoms with van der Waals surface area (Å²) in [6, 6.07) is 6.83. The largest absolute Gasteiger partial charge is 0.462 e. The fourth-order valence-corrected chi connectivity index (χ4v) is 5.16. The maximum Gasteiger partial charge on any atom is 0.339 e. The predicted molar refractivity (Wildman–Crippen MR) is 169 cm³/mol. The van der Waals surface area contributed by atoms with Crippen molar-refractivity contribution < 1.29 is 19.1 Å². The van der Waals surface area contributed by atoms with Crippen LogP contribution in [0.2, 0.25) is 0 Å². The fraction of sp³-hybridized carbons (Fsp3) is 0.778. The summed E-state index contributed by atoms with van der Waals surface area (Å²) < 4.78 is 10.9. The molecule has 0 spiro atoms. The number of ether oxygens (including phenoxy) is 2. The molecule has 0 fully saturated rings. The van der Waals surface area contributed by atoms with Gasteiger partial charge < -0.3 is 9.47 Å². The van der Waals surface area contributed by atoms with E-state index in [0.717, 1.165) is 31.6 Å². The molecule has 4 heteroatoms. The van der Waals surface area contributed by atoms with E-state index in [1.165, 1.54) is 116 Å². The third kappa shape index (κ3) is 20.1. The lowest BCUT2D eigenvalue weighted by atomic mass is 10.0. The lowest BCUT2D eigenvalue weighted by molar-refractivity contribution is 0.0450. The van der Waals surface area contributed by atoms with Crippen molar-refractivity contribution in [1.82, 2.24) is 0 Å². The number of carbonyl (C=O) groups is 2. The molecule has 1 rings (SSSR count). The smallest absolute Gasteiger partial charge is 0.339 e. The first-order valence-corrected chi connectivity index (χ1v) is 17.0. The quantitative estimate of drug-likeness (QED) is 0.0796. The van der Waals surface area contributed by atoms with Gasteiger partial charge in [-0.1, -0.05) is 161 Å². The van der Waals surface area contributed by atoms with Crippen LogP contribution < -0.4 is 0 Å². The molecule has 1 aromatic carbocycles. The van der Waals surface area contributed by atoms with Gasteiger partial charge in [-0.25, -0.2) is 9.59 Å². The molecule has 0 saturated carbocycles. The van der Waals surface area contributed by atoms with Crippen LogP contribution in [0.1, 0.15) is 183 Å². The monoisotopic (exact) mass is 558 g/mol. The molecule has 0 heterocycles. The van der Waals surface area contributed by atoms with E-state index in [4.69, 9.17) is 9.47 Å². The molecule has 4 nitrogen and oxygen atoms in total. The van der Waals surface area contributed by atoms with E-state index in [2.05, 4.69) is 20.8 Å². The van der Waals surface area contributed by atoms with Crippen molar-refractivity contribution in [3.05, 3.63) is 35.4 Å². The molecular formula is C36H62O4. The van der Waals surface area contributed by atoms with Crippen molar-refractivity contribution in [1.29, 1.82) is 0 Å². The van der Waals surface area contributed by atoms with Gasteiger partial charge in [-0.05, 0) is 30.9 Å². The summed E-state index contributed by atoms with van der Waals surface area (Å²) in [4.78, 5) is 25.2. The Morgan fingerprint density at radius 3 is 1.20 bits per heavy atom. The average Bonchev–Trinajstić information content (AvgIpc) is 2.95. The summed E-state index contributed by atoms with van der Waals surface area (Å²) in [5, 5.41) is 0. The van der Waals surface area contributed by atoms with Crippen LogP contribution in [0.15, 0.2) is 24.3 Å². The Labute approximate surface area is 247 Å². The van der Waals surface area contributed by atoms with Crippen molar-refractivity contribution in [2.24, 2.45) is 5.92 Å². The van der Waals surface area contributed by atoms with Crippen LogP contribution in [-0.4, -0.2) is 25.2 Å². The molecule has 0 amide bonds. The molecule has 0 unspecified atom stereocenters. The van der Waals surface area contributed by atoms with Gasteiger partial charge in [0.25, 0.3) is 0 Å². The molecule has 0 aromatic heterocycles. The molecular weight excluding hydrogens is 496 g/mol. The number of esters is 2. The first-order valence-electron chi connectivity index (χ1n) is 17.0. The number of rotatable bonds is 27. The van der Waals surface area contributed by atoms with E-state index in [1.54, 1.807) is 24.3 Å². The van der Waals surface area contributed by atoms with Gasteiger partial charge in [0.2, 0.25) is 0 Å². The average molecular weight is 559 g/mol. The highest BCUT2D eigenvalue weighted by Gasteiger charge is 2.18. The lowest BCUT2D eigenvalue weighted by Crippen LogP contribution is -2.15. The number of unbranched alkanes of at least 4 members (excludes halogenated alkanes) is 19. The second kappa shape index (κ2) is 26.1. The van der Waals surface area contributed by atoms with Gasteiger partial charge in [0.15, 0.2) is 0 Å². The van der Waals surface area contributed by atoms with E-state index >= 15 is 0 Å². The maximum atomic E-state index is 12.6. The summed E-state index contributed by atoms with van der Waals surface area (Å²) in [5.74, 6) is -0.102. The lowest BCUT2D eigenvalue weighted by Gasteiger charge is -2.10. The Morgan fingerprint density at radius 1 is 0.525 bits per heavy atom. The van der Waals surface area contributed by atoms with Crippen molar-refractivity contribution in [2.75, 3.05) is 13.2 Å². The Hall–Kier alpha value is -1.84. The molecule has 1 aromatic rings. The topological polar surface area (TPSA) is 52.6 Å². The summed E-state index contributed by atoms with van der Waals surface area (Å²) >= 11 is 0. The van der Waals surface area contributed by atoms with E-state index in [1.807, 2.05) is 0 Å². The number of hydrogen-bond acceptors (Lipinski definition) is 4. The number of benzene rings is 1. The van der Waals surface area contributed by atoms with Crippen LogP contribution in [0.25, 0.3) is 0 Å². The van der Waals surface area contributed by atoms with Crippen molar-refractivity contribution >= 4 is 11.9 Å². The SMILES string of the molecule is CCCCCCCCCCCCCCCCCCOC(=O)c1ccccc1C(=O)OCCCCCCCC(C)C. The van der Waals surface area contributed by atoms with Crippen LogP contribution >= 0.6 is 0 Å². The molecule has 0 aliphatic heterocycles. The number of hydrogen-bond donors (Lipinski definition) is 0. The van der Waals surface area contributed by atoms with E-state index < -0.39 is 11.9 Å². The van der Waals surface area contributed by atoms with Gasteiger partial charge in [0, 0.05) is 0 Å². The second-order valence-corrected chi connectivity index (χ2v) is 12.1. The van der Waals surface area contributed by atoms with Crippen LogP contribution in [0.5, 0.6) is 0 Å². The molecule has 0 saturated heterocycles. The fourth-order valence-electron chi connectivity index (χ4n) is 5.16. The Kier molecular flexibility index (Phi) is 23.6. The van der Waals surface area contributed by atoms with Gasteiger partial charge in [-0.2, -0.15) is 0 Å². The van der Waals surface area contributed by atoms with Crippen LogP contribution in [0.3, 0.4) is 0 Å². The first kappa shape index (κ1) is 36.2. The maximum absolute atomic E-state index is 12.6. The molecule has 0 N–H and O–H groups in total. The Morgan fingerprint density at radius 2 is 0.850 bits per heavy atom. The highest BCUT2D eigenvalue weighted by Crippen LogP contribution is 2.16. The zero-order valence-electron chi connectivity index (χ0n) is 26.5. The number of carbonyl (C=O) groups excluding carboxylic acids is 2. The minimum atomic E-state index is -0.435. The van der Waals surface area contributed by atoms with Crippen molar-refractivity contribution in [3.63, 3.8) is 0 Å². The van der Waals surface area contributed by atoms with E-state index in [9.17, 15) is 9.59 Å². The Bertz CT molecular complexity index is 742. The standard InChI is InChI=1S/C36H62O4/c1-4-5-6-7-8-9-10-11-12-13-14-15-16-17-20-25-30-39-35(37)33-28-23-24-29-34(33)36(38)40-31-26-21-18-19-22-27-32(2)3/h23-24,28-29,32H,4-22,25-27,30-31H2,1-3H3. The highest BCUT2D eigenvalue weighted by molar-refractivity contribution is 6.03. The second-order valence-electron chi connectivity index (χ2n) is 12.1. The van der Waals surface area contributed by atoms with Gasteiger partial charge in [0.05, 0.1) is 24.3 Å². The summed E-state index contributed by atoms with van der Waals surface area (Å²) in [7, 11) is 0. The van der Waals surface area contributed by atoms with Crippen molar-refractivity contribution in [2.45, 2.75) is 162 Å². The molecule has 40 heavy (non-hydrogen) atoms.